The molecule has 5 nitrogen and oxygen atoms in total. The van der Waals surface area contributed by atoms with Gasteiger partial charge in [0.1, 0.15) is 0 Å². The number of aromatic nitrogens is 2. The highest BCUT2D eigenvalue weighted by Crippen LogP contribution is 2.20. The summed E-state index contributed by atoms with van der Waals surface area (Å²) in [5.74, 6) is 1.15. The van der Waals surface area contributed by atoms with Gasteiger partial charge >= 0.3 is 0 Å². The van der Waals surface area contributed by atoms with Gasteiger partial charge in [-0.25, -0.2) is 4.98 Å². The summed E-state index contributed by atoms with van der Waals surface area (Å²) < 4.78 is 2.68. The molecule has 1 aliphatic heterocycles. The normalized spacial score (nSPS) is 14.2. The summed E-state index contributed by atoms with van der Waals surface area (Å²) in [6.07, 6.45) is 6.56. The predicted octanol–water partition coefficient (Wildman–Crippen LogP) is 4.72. The first-order valence-corrected chi connectivity index (χ1v) is 12.4. The minimum absolute atomic E-state index is 0.0215. The molecule has 7 heteroatoms. The van der Waals surface area contributed by atoms with Crippen LogP contribution in [0.25, 0.3) is 0 Å². The van der Waals surface area contributed by atoms with E-state index in [2.05, 4.69) is 15.9 Å². The van der Waals surface area contributed by atoms with Crippen molar-refractivity contribution in [3.8, 4) is 0 Å². The van der Waals surface area contributed by atoms with Crippen molar-refractivity contribution in [1.29, 1.82) is 0 Å². The number of aryl methyl sites for hydroxylation is 1. The number of carbonyl (C=O) groups excluding carboxylic acids is 1. The van der Waals surface area contributed by atoms with E-state index in [1.165, 1.54) is 6.42 Å². The summed E-state index contributed by atoms with van der Waals surface area (Å²) in [7, 11) is 1.79. The van der Waals surface area contributed by atoms with Crippen LogP contribution in [0.5, 0.6) is 0 Å². The molecule has 0 saturated carbocycles. The molecule has 0 spiro atoms. The monoisotopic (exact) mass is 491 g/mol. The van der Waals surface area contributed by atoms with E-state index in [0.717, 1.165) is 71.0 Å². The number of hydrogen-bond donors (Lipinski definition) is 0. The maximum absolute atomic E-state index is 12.9. The Morgan fingerprint density at radius 2 is 1.83 bits per heavy atom. The lowest BCUT2D eigenvalue weighted by molar-refractivity contribution is -0.132. The first-order chi connectivity index (χ1) is 14.5. The highest BCUT2D eigenvalue weighted by molar-refractivity contribution is 9.10. The third-order valence-corrected chi connectivity index (χ3v) is 7.21. The number of piperidine rings is 1. The van der Waals surface area contributed by atoms with Crippen LogP contribution in [-0.4, -0.2) is 39.2 Å². The number of carbonyl (C=O) groups is 1. The summed E-state index contributed by atoms with van der Waals surface area (Å²) in [5, 5.41) is 0.749. The van der Waals surface area contributed by atoms with Crippen molar-refractivity contribution < 1.29 is 4.79 Å². The fourth-order valence-corrected chi connectivity index (χ4v) is 4.99. The molecule has 3 rings (SSSR count). The van der Waals surface area contributed by atoms with E-state index in [1.807, 2.05) is 36.1 Å². The number of thioether (sulfide) groups is 1. The van der Waals surface area contributed by atoms with Crippen LogP contribution in [0.4, 0.5) is 0 Å². The second-order valence-corrected chi connectivity index (χ2v) is 9.85. The molecule has 1 amide bonds. The number of rotatable bonds is 8. The van der Waals surface area contributed by atoms with Crippen LogP contribution in [0.3, 0.4) is 0 Å². The largest absolute Gasteiger partial charge is 0.343 e. The number of unbranched alkanes of at least 4 members (excludes halogenated alkanes) is 1. The Kier molecular flexibility index (Phi) is 8.57. The van der Waals surface area contributed by atoms with Crippen LogP contribution in [0.15, 0.2) is 38.7 Å². The Hall–Kier alpha value is -1.60. The maximum atomic E-state index is 12.9. The van der Waals surface area contributed by atoms with E-state index in [-0.39, 0.29) is 5.56 Å². The minimum Gasteiger partial charge on any atom is -0.343 e. The lowest BCUT2D eigenvalue weighted by atomic mass is 10.1. The molecule has 2 aromatic rings. The third kappa shape index (κ3) is 6.20. The number of hydrogen-bond acceptors (Lipinski definition) is 4. The standard InChI is InChI=1S/C23H30BrN3O2S/c1-17-20(16-18-9-11-19(24)12-10-18)22(29)26(2)23(25-17)30-15-7-4-8-21(28)27-13-5-3-6-14-27/h9-12H,3-8,13-16H2,1-2H3. The molecular weight excluding hydrogens is 462 g/mol. The molecular formula is C23H30BrN3O2S. The van der Waals surface area contributed by atoms with Gasteiger partial charge < -0.3 is 4.90 Å². The number of halogens is 1. The fourth-order valence-electron chi connectivity index (χ4n) is 3.71. The molecule has 162 valence electrons. The molecule has 0 radical (unpaired) electrons. The molecule has 0 aliphatic carbocycles. The first-order valence-electron chi connectivity index (χ1n) is 10.7. The van der Waals surface area contributed by atoms with Gasteiger partial charge in [0, 0.05) is 54.5 Å². The van der Waals surface area contributed by atoms with E-state index in [4.69, 9.17) is 4.98 Å². The molecule has 1 aromatic heterocycles. The lowest BCUT2D eigenvalue weighted by Crippen LogP contribution is -2.35. The third-order valence-electron chi connectivity index (χ3n) is 5.57. The Morgan fingerprint density at radius 1 is 1.13 bits per heavy atom. The summed E-state index contributed by atoms with van der Waals surface area (Å²) in [6, 6.07) is 8.03. The van der Waals surface area contributed by atoms with Crippen LogP contribution >= 0.6 is 27.7 Å². The van der Waals surface area contributed by atoms with E-state index in [9.17, 15) is 9.59 Å². The van der Waals surface area contributed by atoms with Crippen LogP contribution in [0, 0.1) is 6.92 Å². The van der Waals surface area contributed by atoms with E-state index >= 15 is 0 Å². The molecule has 0 atom stereocenters. The van der Waals surface area contributed by atoms with Gasteiger partial charge in [-0.1, -0.05) is 39.8 Å². The van der Waals surface area contributed by atoms with Crippen molar-refractivity contribution in [2.45, 2.75) is 57.0 Å². The number of benzene rings is 1. The molecule has 1 aliphatic rings. The minimum atomic E-state index is 0.0215. The van der Waals surface area contributed by atoms with Gasteiger partial charge in [0.2, 0.25) is 5.91 Å². The molecule has 2 heterocycles. The van der Waals surface area contributed by atoms with Gasteiger partial charge in [-0.2, -0.15) is 0 Å². The van der Waals surface area contributed by atoms with Gasteiger partial charge in [0.25, 0.3) is 5.56 Å². The zero-order chi connectivity index (χ0) is 21.5. The van der Waals surface area contributed by atoms with Gasteiger partial charge in [-0.15, -0.1) is 0 Å². The Bertz CT molecular complexity index is 921. The van der Waals surface area contributed by atoms with Crippen molar-refractivity contribution in [2.24, 2.45) is 7.05 Å². The Balaban J connectivity index is 1.52. The average Bonchev–Trinajstić information content (AvgIpc) is 2.76. The van der Waals surface area contributed by atoms with E-state index < -0.39 is 0 Å². The Labute approximate surface area is 191 Å². The quantitative estimate of drug-likeness (QED) is 0.304. The van der Waals surface area contributed by atoms with Crippen LogP contribution in [-0.2, 0) is 18.3 Å². The average molecular weight is 492 g/mol. The molecule has 0 bridgehead atoms. The fraction of sp³-hybridized carbons (Fsp3) is 0.522. The topological polar surface area (TPSA) is 55.2 Å². The molecule has 1 fully saturated rings. The second-order valence-electron chi connectivity index (χ2n) is 7.87. The van der Waals surface area contributed by atoms with Gasteiger partial charge in [-0.05, 0) is 56.7 Å². The predicted molar refractivity (Wildman–Crippen MR) is 126 cm³/mol. The Morgan fingerprint density at radius 3 is 2.53 bits per heavy atom. The highest BCUT2D eigenvalue weighted by Gasteiger charge is 2.16. The van der Waals surface area contributed by atoms with Crippen LogP contribution in [0.1, 0.15) is 55.3 Å². The van der Waals surface area contributed by atoms with Crippen molar-refractivity contribution >= 4 is 33.6 Å². The number of nitrogens with zero attached hydrogens (tertiary/aromatic N) is 3. The maximum Gasteiger partial charge on any atom is 0.257 e. The second kappa shape index (κ2) is 11.1. The highest BCUT2D eigenvalue weighted by atomic mass is 79.9. The number of amides is 1. The first kappa shape index (κ1) is 23.1. The summed E-state index contributed by atoms with van der Waals surface area (Å²) >= 11 is 5.04. The van der Waals surface area contributed by atoms with E-state index in [1.54, 1.807) is 23.4 Å². The van der Waals surface area contributed by atoms with Crippen LogP contribution in [0.2, 0.25) is 0 Å². The summed E-state index contributed by atoms with van der Waals surface area (Å²) in [6.45, 7) is 3.76. The molecule has 1 saturated heterocycles. The number of likely N-dealkylation sites (tertiary alicyclic amines) is 1. The van der Waals surface area contributed by atoms with Gasteiger partial charge in [0.15, 0.2) is 5.16 Å². The van der Waals surface area contributed by atoms with Crippen molar-refractivity contribution in [2.75, 3.05) is 18.8 Å². The smallest absolute Gasteiger partial charge is 0.257 e. The lowest BCUT2D eigenvalue weighted by Gasteiger charge is -2.26. The molecule has 0 unspecified atom stereocenters. The van der Waals surface area contributed by atoms with Gasteiger partial charge in [-0.3, -0.25) is 14.2 Å². The summed E-state index contributed by atoms with van der Waals surface area (Å²) in [5.41, 5.74) is 2.66. The molecule has 30 heavy (non-hydrogen) atoms. The van der Waals surface area contributed by atoms with Crippen LogP contribution < -0.4 is 5.56 Å². The van der Waals surface area contributed by atoms with Crippen molar-refractivity contribution in [3.63, 3.8) is 0 Å². The van der Waals surface area contributed by atoms with E-state index in [0.29, 0.717) is 18.7 Å². The van der Waals surface area contributed by atoms with Crippen molar-refractivity contribution in [3.05, 3.63) is 55.9 Å². The molecule has 0 N–H and O–H groups in total. The SMILES string of the molecule is Cc1nc(SCCCCC(=O)N2CCCCC2)n(C)c(=O)c1Cc1ccc(Br)cc1. The molecule has 1 aromatic carbocycles. The van der Waals surface area contributed by atoms with Crippen molar-refractivity contribution in [1.82, 2.24) is 14.5 Å². The van der Waals surface area contributed by atoms with Gasteiger partial charge in [0.05, 0.1) is 0 Å². The zero-order valence-electron chi connectivity index (χ0n) is 17.8. The zero-order valence-corrected chi connectivity index (χ0v) is 20.2. The summed E-state index contributed by atoms with van der Waals surface area (Å²) in [4.78, 5) is 31.8.